The molecule has 0 spiro atoms. The van der Waals surface area contributed by atoms with Crippen LogP contribution in [0.2, 0.25) is 0 Å². The van der Waals surface area contributed by atoms with Gasteiger partial charge in [-0.05, 0) is 24.3 Å². The largest absolute Gasteiger partial charge is 0.497 e. The maximum Gasteiger partial charge on any atom is 0.407 e. The monoisotopic (exact) mass is 225 g/mol. The van der Waals surface area contributed by atoms with E-state index in [-0.39, 0.29) is 0 Å². The normalized spacial score (nSPS) is 9.62. The van der Waals surface area contributed by atoms with Crippen LogP contribution in [0.4, 0.5) is 4.79 Å². The lowest BCUT2D eigenvalue weighted by molar-refractivity contribution is 0.147. The van der Waals surface area contributed by atoms with Crippen molar-refractivity contribution >= 4 is 6.09 Å². The van der Waals surface area contributed by atoms with Gasteiger partial charge in [0.2, 0.25) is 0 Å². The van der Waals surface area contributed by atoms with Gasteiger partial charge in [-0.25, -0.2) is 4.79 Å². The predicted molar refractivity (Wildman–Crippen MR) is 59.1 cm³/mol. The first-order valence-electron chi connectivity index (χ1n) is 4.84. The van der Waals surface area contributed by atoms with Gasteiger partial charge < -0.3 is 19.5 Å². The minimum atomic E-state index is -0.960. The standard InChI is InChI=1S/C11H15NO4/c1-12(11(13)14)7-8-16-10-5-3-9(15-2)4-6-10/h3-6H,7-8H2,1-2H3,(H,13,14). The molecular weight excluding hydrogens is 210 g/mol. The summed E-state index contributed by atoms with van der Waals surface area (Å²) >= 11 is 0. The third kappa shape index (κ3) is 3.68. The first-order valence-corrected chi connectivity index (χ1v) is 4.84. The number of methoxy groups -OCH3 is 1. The van der Waals surface area contributed by atoms with E-state index in [4.69, 9.17) is 14.6 Å². The van der Waals surface area contributed by atoms with Gasteiger partial charge in [0.15, 0.2) is 0 Å². The van der Waals surface area contributed by atoms with Crippen molar-refractivity contribution in [3.63, 3.8) is 0 Å². The van der Waals surface area contributed by atoms with Crippen molar-refractivity contribution in [1.82, 2.24) is 4.90 Å². The van der Waals surface area contributed by atoms with Gasteiger partial charge in [0.05, 0.1) is 13.7 Å². The average molecular weight is 225 g/mol. The molecule has 5 heteroatoms. The molecule has 0 aliphatic heterocycles. The SMILES string of the molecule is COc1ccc(OCCN(C)C(=O)O)cc1. The number of hydrogen-bond donors (Lipinski definition) is 1. The van der Waals surface area contributed by atoms with Crippen LogP contribution in [0.15, 0.2) is 24.3 Å². The van der Waals surface area contributed by atoms with Gasteiger partial charge in [0.25, 0.3) is 0 Å². The second-order valence-corrected chi connectivity index (χ2v) is 3.23. The van der Waals surface area contributed by atoms with E-state index in [2.05, 4.69) is 0 Å². The zero-order valence-electron chi connectivity index (χ0n) is 9.34. The highest BCUT2D eigenvalue weighted by atomic mass is 16.5. The fourth-order valence-electron chi connectivity index (χ4n) is 1.07. The highest BCUT2D eigenvalue weighted by Crippen LogP contribution is 2.16. The summed E-state index contributed by atoms with van der Waals surface area (Å²) in [7, 11) is 3.09. The van der Waals surface area contributed by atoms with Crippen molar-refractivity contribution in [2.75, 3.05) is 27.3 Å². The molecule has 1 amide bonds. The molecule has 0 aliphatic rings. The number of nitrogens with zero attached hydrogens (tertiary/aromatic N) is 1. The highest BCUT2D eigenvalue weighted by molar-refractivity contribution is 5.64. The van der Waals surface area contributed by atoms with Gasteiger partial charge in [0.1, 0.15) is 18.1 Å². The lowest BCUT2D eigenvalue weighted by Gasteiger charge is -2.13. The molecule has 1 aromatic carbocycles. The van der Waals surface area contributed by atoms with E-state index in [9.17, 15) is 4.79 Å². The van der Waals surface area contributed by atoms with Gasteiger partial charge in [0, 0.05) is 7.05 Å². The maximum atomic E-state index is 10.5. The second-order valence-electron chi connectivity index (χ2n) is 3.23. The molecule has 0 radical (unpaired) electrons. The summed E-state index contributed by atoms with van der Waals surface area (Å²) in [5.74, 6) is 1.45. The Morgan fingerprint density at radius 1 is 1.31 bits per heavy atom. The van der Waals surface area contributed by atoms with Crippen LogP contribution in [-0.2, 0) is 0 Å². The first-order chi connectivity index (χ1) is 7.63. The van der Waals surface area contributed by atoms with Crippen LogP contribution >= 0.6 is 0 Å². The molecule has 0 saturated heterocycles. The van der Waals surface area contributed by atoms with E-state index >= 15 is 0 Å². The number of hydrogen-bond acceptors (Lipinski definition) is 3. The lowest BCUT2D eigenvalue weighted by atomic mass is 10.3. The zero-order chi connectivity index (χ0) is 12.0. The Morgan fingerprint density at radius 2 is 1.88 bits per heavy atom. The summed E-state index contributed by atoms with van der Waals surface area (Å²) in [6.45, 7) is 0.663. The summed E-state index contributed by atoms with van der Waals surface area (Å²) in [4.78, 5) is 11.6. The fourth-order valence-corrected chi connectivity index (χ4v) is 1.07. The zero-order valence-corrected chi connectivity index (χ0v) is 9.34. The molecule has 1 N–H and O–H groups in total. The highest BCUT2D eigenvalue weighted by Gasteiger charge is 2.04. The van der Waals surface area contributed by atoms with Gasteiger partial charge in [-0.2, -0.15) is 0 Å². The average Bonchev–Trinajstić information content (AvgIpc) is 2.29. The number of carbonyl (C=O) groups is 1. The Kier molecular flexibility index (Phi) is 4.44. The van der Waals surface area contributed by atoms with Crippen molar-refractivity contribution in [1.29, 1.82) is 0 Å². The van der Waals surface area contributed by atoms with Crippen molar-refractivity contribution in [3.05, 3.63) is 24.3 Å². The summed E-state index contributed by atoms with van der Waals surface area (Å²) in [5, 5.41) is 8.60. The number of ether oxygens (including phenoxy) is 2. The van der Waals surface area contributed by atoms with Crippen LogP contribution < -0.4 is 9.47 Å². The molecule has 0 fully saturated rings. The minimum absolute atomic E-state index is 0.329. The Labute approximate surface area is 94.2 Å². The smallest absolute Gasteiger partial charge is 0.407 e. The van der Waals surface area contributed by atoms with Crippen molar-refractivity contribution < 1.29 is 19.4 Å². The van der Waals surface area contributed by atoms with E-state index in [1.807, 2.05) is 0 Å². The molecule has 5 nitrogen and oxygen atoms in total. The van der Waals surface area contributed by atoms with Crippen LogP contribution in [0, 0.1) is 0 Å². The Balaban J connectivity index is 2.34. The maximum absolute atomic E-state index is 10.5. The molecular formula is C11H15NO4. The summed E-state index contributed by atoms with van der Waals surface area (Å²) in [6, 6.07) is 7.13. The number of rotatable bonds is 5. The van der Waals surface area contributed by atoms with Crippen molar-refractivity contribution in [2.45, 2.75) is 0 Å². The van der Waals surface area contributed by atoms with Crippen LogP contribution in [0.25, 0.3) is 0 Å². The molecule has 0 unspecified atom stereocenters. The topological polar surface area (TPSA) is 59.0 Å². The van der Waals surface area contributed by atoms with E-state index in [1.54, 1.807) is 31.4 Å². The number of carboxylic acid groups (broad SMARTS) is 1. The molecule has 0 bridgehead atoms. The summed E-state index contributed by atoms with van der Waals surface area (Å²) in [5.41, 5.74) is 0. The molecule has 0 aromatic heterocycles. The molecule has 1 rings (SSSR count). The molecule has 0 aliphatic carbocycles. The van der Waals surface area contributed by atoms with E-state index in [0.717, 1.165) is 5.75 Å². The molecule has 0 heterocycles. The number of likely N-dealkylation sites (N-methyl/N-ethyl adjacent to an activating group) is 1. The number of amides is 1. The van der Waals surface area contributed by atoms with Gasteiger partial charge >= 0.3 is 6.09 Å². The van der Waals surface area contributed by atoms with E-state index < -0.39 is 6.09 Å². The molecule has 88 valence electrons. The molecule has 0 atom stereocenters. The molecule has 1 aromatic rings. The quantitative estimate of drug-likeness (QED) is 0.828. The number of benzene rings is 1. The third-order valence-corrected chi connectivity index (χ3v) is 2.08. The summed E-state index contributed by atoms with van der Waals surface area (Å²) in [6.07, 6.45) is -0.960. The van der Waals surface area contributed by atoms with Crippen LogP contribution in [0.3, 0.4) is 0 Å². The fraction of sp³-hybridized carbons (Fsp3) is 0.364. The van der Waals surface area contributed by atoms with Crippen molar-refractivity contribution in [2.24, 2.45) is 0 Å². The summed E-state index contributed by atoms with van der Waals surface area (Å²) < 4.78 is 10.4. The predicted octanol–water partition coefficient (Wildman–Crippen LogP) is 1.68. The first kappa shape index (κ1) is 12.2. The van der Waals surface area contributed by atoms with Crippen molar-refractivity contribution in [3.8, 4) is 11.5 Å². The molecule has 0 saturated carbocycles. The van der Waals surface area contributed by atoms with Crippen LogP contribution in [0.1, 0.15) is 0 Å². The van der Waals surface area contributed by atoms with E-state index in [0.29, 0.717) is 18.9 Å². The lowest BCUT2D eigenvalue weighted by Crippen LogP contribution is -2.29. The van der Waals surface area contributed by atoms with Crippen LogP contribution in [-0.4, -0.2) is 43.4 Å². The van der Waals surface area contributed by atoms with Gasteiger partial charge in [-0.3, -0.25) is 0 Å². The third-order valence-electron chi connectivity index (χ3n) is 2.08. The minimum Gasteiger partial charge on any atom is -0.497 e. The van der Waals surface area contributed by atoms with Gasteiger partial charge in [-0.15, -0.1) is 0 Å². The Morgan fingerprint density at radius 3 is 2.38 bits per heavy atom. The Hall–Kier alpha value is -1.91. The van der Waals surface area contributed by atoms with E-state index in [1.165, 1.54) is 11.9 Å². The Bertz CT molecular complexity index is 336. The van der Waals surface area contributed by atoms with Crippen LogP contribution in [0.5, 0.6) is 11.5 Å². The van der Waals surface area contributed by atoms with Gasteiger partial charge in [-0.1, -0.05) is 0 Å². The molecule has 16 heavy (non-hydrogen) atoms. The second kappa shape index (κ2) is 5.85.